The fourth-order valence-corrected chi connectivity index (χ4v) is 1.76. The zero-order chi connectivity index (χ0) is 15.4. The molecule has 2 N–H and O–H groups in total. The van der Waals surface area contributed by atoms with Crippen LogP contribution in [0.25, 0.3) is 0 Å². The van der Waals surface area contributed by atoms with E-state index in [9.17, 15) is 9.59 Å². The molecule has 1 aromatic carbocycles. The summed E-state index contributed by atoms with van der Waals surface area (Å²) in [6.07, 6.45) is 2.28. The summed E-state index contributed by atoms with van der Waals surface area (Å²) in [5.74, 6) is -0.0133. The van der Waals surface area contributed by atoms with Crippen LogP contribution >= 0.6 is 0 Å². The lowest BCUT2D eigenvalue weighted by atomic mass is 10.1. The van der Waals surface area contributed by atoms with Gasteiger partial charge in [0.05, 0.1) is 19.3 Å². The molecule has 1 atom stereocenters. The van der Waals surface area contributed by atoms with Crippen LogP contribution in [0.15, 0.2) is 18.2 Å². The molecule has 1 fully saturated rings. The lowest BCUT2D eigenvalue weighted by Crippen LogP contribution is -2.38. The van der Waals surface area contributed by atoms with Crippen molar-refractivity contribution in [2.45, 2.75) is 25.8 Å². The van der Waals surface area contributed by atoms with Gasteiger partial charge in [-0.2, -0.15) is 0 Å². The number of aliphatic carboxylic acids is 1. The van der Waals surface area contributed by atoms with E-state index in [0.29, 0.717) is 29.6 Å². The lowest BCUT2D eigenvalue weighted by Gasteiger charge is -2.14. The standard InChI is InChI=1S/C15H19NO5/c1-9(15(18)19)16-14(17)12-6-5-11(20-2)7-13(12)21-8-10-3-4-10/h5-7,9-10H,3-4,8H2,1-2H3,(H,16,17)(H,18,19)/t9-/m0/s1. The van der Waals surface area contributed by atoms with Gasteiger partial charge < -0.3 is 19.9 Å². The number of hydrogen-bond donors (Lipinski definition) is 2. The van der Waals surface area contributed by atoms with E-state index in [-0.39, 0.29) is 0 Å². The molecule has 0 unspecified atom stereocenters. The highest BCUT2D eigenvalue weighted by Crippen LogP contribution is 2.31. The molecule has 0 bridgehead atoms. The first kappa shape index (κ1) is 15.2. The molecule has 1 aromatic rings. The normalized spacial score (nSPS) is 15.1. The Morgan fingerprint density at radius 3 is 2.71 bits per heavy atom. The third-order valence-corrected chi connectivity index (χ3v) is 3.32. The second-order valence-electron chi connectivity index (χ2n) is 5.15. The van der Waals surface area contributed by atoms with E-state index in [1.54, 1.807) is 18.2 Å². The third-order valence-electron chi connectivity index (χ3n) is 3.32. The molecule has 21 heavy (non-hydrogen) atoms. The zero-order valence-corrected chi connectivity index (χ0v) is 12.1. The molecule has 1 saturated carbocycles. The van der Waals surface area contributed by atoms with Crippen LogP contribution in [-0.4, -0.2) is 36.7 Å². The topological polar surface area (TPSA) is 84.9 Å². The summed E-state index contributed by atoms with van der Waals surface area (Å²) in [7, 11) is 1.53. The Bertz CT molecular complexity index is 539. The maximum Gasteiger partial charge on any atom is 0.325 e. The molecule has 114 valence electrons. The van der Waals surface area contributed by atoms with E-state index in [2.05, 4.69) is 5.32 Å². The number of ether oxygens (including phenoxy) is 2. The summed E-state index contributed by atoms with van der Waals surface area (Å²) >= 11 is 0. The van der Waals surface area contributed by atoms with Crippen molar-refractivity contribution in [2.24, 2.45) is 5.92 Å². The van der Waals surface area contributed by atoms with Gasteiger partial charge in [-0.05, 0) is 37.8 Å². The minimum Gasteiger partial charge on any atom is -0.497 e. The molecule has 0 aromatic heterocycles. The summed E-state index contributed by atoms with van der Waals surface area (Å²) in [4.78, 5) is 23.0. The van der Waals surface area contributed by atoms with Crippen LogP contribution in [0, 0.1) is 5.92 Å². The Balaban J connectivity index is 2.14. The van der Waals surface area contributed by atoms with Crippen molar-refractivity contribution < 1.29 is 24.2 Å². The van der Waals surface area contributed by atoms with E-state index in [0.717, 1.165) is 12.8 Å². The third kappa shape index (κ3) is 4.11. The number of carboxylic acids is 1. The van der Waals surface area contributed by atoms with E-state index >= 15 is 0 Å². The Morgan fingerprint density at radius 2 is 2.14 bits per heavy atom. The molecule has 0 spiro atoms. The van der Waals surface area contributed by atoms with Gasteiger partial charge >= 0.3 is 5.97 Å². The highest BCUT2D eigenvalue weighted by Gasteiger charge is 2.24. The van der Waals surface area contributed by atoms with Gasteiger partial charge in [0.15, 0.2) is 0 Å². The first-order valence-electron chi connectivity index (χ1n) is 6.85. The van der Waals surface area contributed by atoms with Crippen LogP contribution in [-0.2, 0) is 4.79 Å². The van der Waals surface area contributed by atoms with Crippen molar-refractivity contribution in [3.8, 4) is 11.5 Å². The number of carbonyl (C=O) groups excluding carboxylic acids is 1. The second-order valence-corrected chi connectivity index (χ2v) is 5.15. The molecule has 0 heterocycles. The zero-order valence-electron chi connectivity index (χ0n) is 12.1. The molecular weight excluding hydrogens is 274 g/mol. The van der Waals surface area contributed by atoms with E-state index in [4.69, 9.17) is 14.6 Å². The van der Waals surface area contributed by atoms with Crippen molar-refractivity contribution >= 4 is 11.9 Å². The number of amides is 1. The Kier molecular flexibility index (Phi) is 4.67. The fourth-order valence-electron chi connectivity index (χ4n) is 1.76. The van der Waals surface area contributed by atoms with Crippen molar-refractivity contribution in [1.82, 2.24) is 5.32 Å². The quantitative estimate of drug-likeness (QED) is 0.799. The number of nitrogens with one attached hydrogen (secondary N) is 1. The second kappa shape index (κ2) is 6.47. The number of carboxylic acid groups (broad SMARTS) is 1. The van der Waals surface area contributed by atoms with Gasteiger partial charge in [-0.1, -0.05) is 0 Å². The number of hydrogen-bond acceptors (Lipinski definition) is 4. The predicted molar refractivity (Wildman–Crippen MR) is 75.8 cm³/mol. The molecule has 1 amide bonds. The summed E-state index contributed by atoms with van der Waals surface area (Å²) in [5, 5.41) is 11.3. The van der Waals surface area contributed by atoms with E-state index in [1.807, 2.05) is 0 Å². The monoisotopic (exact) mass is 293 g/mol. The lowest BCUT2D eigenvalue weighted by molar-refractivity contribution is -0.138. The Morgan fingerprint density at radius 1 is 1.43 bits per heavy atom. The van der Waals surface area contributed by atoms with Crippen molar-refractivity contribution in [3.05, 3.63) is 23.8 Å². The van der Waals surface area contributed by atoms with Crippen LogP contribution < -0.4 is 14.8 Å². The number of rotatable bonds is 7. The highest BCUT2D eigenvalue weighted by molar-refractivity contribution is 5.99. The van der Waals surface area contributed by atoms with Gasteiger partial charge in [0, 0.05) is 6.07 Å². The Labute approximate surface area is 123 Å². The summed E-state index contributed by atoms with van der Waals surface area (Å²) in [6, 6.07) is 3.90. The first-order chi connectivity index (χ1) is 10.0. The molecule has 1 aliphatic rings. The minimum atomic E-state index is -1.09. The predicted octanol–water partition coefficient (Wildman–Crippen LogP) is 1.69. The largest absolute Gasteiger partial charge is 0.497 e. The molecule has 0 radical (unpaired) electrons. The Hall–Kier alpha value is -2.24. The molecule has 0 aliphatic heterocycles. The summed E-state index contributed by atoms with van der Waals surface area (Å²) < 4.78 is 10.8. The number of methoxy groups -OCH3 is 1. The number of benzene rings is 1. The molecule has 2 rings (SSSR count). The van der Waals surface area contributed by atoms with Crippen LogP contribution in [0.4, 0.5) is 0 Å². The van der Waals surface area contributed by atoms with Gasteiger partial charge in [0.25, 0.3) is 5.91 Å². The fraction of sp³-hybridized carbons (Fsp3) is 0.467. The molecule has 6 nitrogen and oxygen atoms in total. The molecule has 1 aliphatic carbocycles. The van der Waals surface area contributed by atoms with Crippen LogP contribution in [0.1, 0.15) is 30.1 Å². The van der Waals surface area contributed by atoms with E-state index < -0.39 is 17.9 Å². The molecule has 0 saturated heterocycles. The minimum absolute atomic E-state index is 0.310. The van der Waals surface area contributed by atoms with Gasteiger partial charge in [0.2, 0.25) is 0 Å². The van der Waals surface area contributed by atoms with Crippen LogP contribution in [0.2, 0.25) is 0 Å². The van der Waals surface area contributed by atoms with E-state index in [1.165, 1.54) is 14.0 Å². The first-order valence-corrected chi connectivity index (χ1v) is 6.85. The maximum absolute atomic E-state index is 12.1. The van der Waals surface area contributed by atoms with Crippen molar-refractivity contribution in [2.75, 3.05) is 13.7 Å². The number of carbonyl (C=O) groups is 2. The highest BCUT2D eigenvalue weighted by atomic mass is 16.5. The van der Waals surface area contributed by atoms with Gasteiger partial charge in [0.1, 0.15) is 17.5 Å². The maximum atomic E-state index is 12.1. The molecular formula is C15H19NO5. The van der Waals surface area contributed by atoms with Crippen molar-refractivity contribution in [3.63, 3.8) is 0 Å². The average molecular weight is 293 g/mol. The average Bonchev–Trinajstić information content (AvgIpc) is 3.28. The SMILES string of the molecule is COc1ccc(C(=O)N[C@@H](C)C(=O)O)c(OCC2CC2)c1. The summed E-state index contributed by atoms with van der Waals surface area (Å²) in [6.45, 7) is 1.97. The summed E-state index contributed by atoms with van der Waals surface area (Å²) in [5.41, 5.74) is 0.310. The van der Waals surface area contributed by atoms with Gasteiger partial charge in [-0.3, -0.25) is 9.59 Å². The molecule has 6 heteroatoms. The van der Waals surface area contributed by atoms with Gasteiger partial charge in [-0.15, -0.1) is 0 Å². The smallest absolute Gasteiger partial charge is 0.325 e. The van der Waals surface area contributed by atoms with Crippen LogP contribution in [0.5, 0.6) is 11.5 Å². The van der Waals surface area contributed by atoms with Crippen molar-refractivity contribution in [1.29, 1.82) is 0 Å². The van der Waals surface area contributed by atoms with Crippen LogP contribution in [0.3, 0.4) is 0 Å². The van der Waals surface area contributed by atoms with Gasteiger partial charge in [-0.25, -0.2) is 0 Å².